The molecule has 2 N–H and O–H groups in total. The normalized spacial score (nSPS) is 22.0. The first-order chi connectivity index (χ1) is 17.6. The monoisotopic (exact) mass is 505 g/mol. The van der Waals surface area contributed by atoms with Crippen LogP contribution in [0.4, 0.5) is 5.13 Å². The van der Waals surface area contributed by atoms with E-state index in [0.717, 1.165) is 35.1 Å². The number of anilines is 1. The molecule has 2 aliphatic rings. The molecule has 1 saturated carbocycles. The van der Waals surface area contributed by atoms with Gasteiger partial charge in [-0.25, -0.2) is 9.97 Å². The third-order valence-electron chi connectivity index (χ3n) is 8.19. The van der Waals surface area contributed by atoms with E-state index < -0.39 is 0 Å². The van der Waals surface area contributed by atoms with Gasteiger partial charge in [0, 0.05) is 41.0 Å². The van der Waals surface area contributed by atoms with Crippen LogP contribution in [0.15, 0.2) is 43.0 Å². The smallest absolute Gasteiger partial charge is 0.180 e. The van der Waals surface area contributed by atoms with E-state index in [9.17, 15) is 4.79 Å². The summed E-state index contributed by atoms with van der Waals surface area (Å²) in [6.07, 6.45) is 16.8. The third-order valence-corrected chi connectivity index (χ3v) is 9.14. The lowest BCUT2D eigenvalue weighted by atomic mass is 9.78. The Bertz CT molecular complexity index is 1130. The van der Waals surface area contributed by atoms with Crippen LogP contribution in [0.5, 0.6) is 0 Å². The maximum Gasteiger partial charge on any atom is 0.180 e. The van der Waals surface area contributed by atoms with Gasteiger partial charge in [0.15, 0.2) is 10.9 Å². The van der Waals surface area contributed by atoms with Crippen molar-refractivity contribution in [3.63, 3.8) is 0 Å². The van der Waals surface area contributed by atoms with Gasteiger partial charge in [0.2, 0.25) is 0 Å². The topological polar surface area (TPSA) is 77.0 Å². The van der Waals surface area contributed by atoms with Crippen molar-refractivity contribution in [2.45, 2.75) is 77.2 Å². The molecule has 3 aromatic rings. The van der Waals surface area contributed by atoms with Gasteiger partial charge in [0.25, 0.3) is 0 Å². The van der Waals surface area contributed by atoms with Crippen LogP contribution in [0.2, 0.25) is 0 Å². The van der Waals surface area contributed by atoms with Crippen LogP contribution in [-0.2, 0) is 12.8 Å². The largest absolute Gasteiger partial charge is 0.375 e. The molecule has 0 radical (unpaired) electrons. The number of hydrogen-bond acceptors (Lipinski definition) is 6. The molecule has 2 aromatic heterocycles. The Morgan fingerprint density at radius 3 is 2.78 bits per heavy atom. The quantitative estimate of drug-likeness (QED) is 0.345. The molecule has 0 saturated heterocycles. The number of carbonyl (C=O) groups is 1. The van der Waals surface area contributed by atoms with Crippen molar-refractivity contribution < 1.29 is 4.79 Å². The molecule has 192 valence electrons. The molecule has 1 aromatic carbocycles. The zero-order valence-electron chi connectivity index (χ0n) is 21.4. The van der Waals surface area contributed by atoms with Gasteiger partial charge >= 0.3 is 0 Å². The average molecular weight is 506 g/mol. The van der Waals surface area contributed by atoms with E-state index in [4.69, 9.17) is 5.73 Å². The van der Waals surface area contributed by atoms with Gasteiger partial charge in [-0.3, -0.25) is 4.79 Å². The van der Waals surface area contributed by atoms with Gasteiger partial charge < -0.3 is 15.2 Å². The van der Waals surface area contributed by atoms with Gasteiger partial charge in [-0.2, -0.15) is 0 Å². The summed E-state index contributed by atoms with van der Waals surface area (Å²) in [5, 5.41) is 0.726. The second-order valence-electron chi connectivity index (χ2n) is 10.7. The molecule has 2 aliphatic carbocycles. The highest BCUT2D eigenvalue weighted by atomic mass is 32.1. The second kappa shape index (κ2) is 11.7. The number of carbonyl (C=O) groups excluding carboxylic acids is 1. The molecule has 1 atom stereocenters. The SMILES string of the molecule is CCCN(CCC1CCC(CC(=O)c2cccc(-n3ccnc3)c2)CC1)[C@H]1CCc2nc(N)sc2C1. The van der Waals surface area contributed by atoms with Crippen LogP contribution in [-0.4, -0.2) is 44.3 Å². The Hall–Kier alpha value is -2.51. The van der Waals surface area contributed by atoms with E-state index in [1.54, 1.807) is 23.9 Å². The summed E-state index contributed by atoms with van der Waals surface area (Å²) >= 11 is 1.69. The van der Waals surface area contributed by atoms with Crippen molar-refractivity contribution in [2.75, 3.05) is 18.8 Å². The molecule has 6 nitrogen and oxygen atoms in total. The molecule has 36 heavy (non-hydrogen) atoms. The average Bonchev–Trinajstić information content (AvgIpc) is 3.56. The lowest BCUT2D eigenvalue weighted by Gasteiger charge is -2.36. The standard InChI is InChI=1S/C29H39N5OS/c1-2-14-33(25-10-11-26-28(19-25)36-29(30)32-26)15-12-21-6-8-22(9-7-21)17-27(35)23-4-3-5-24(18-23)34-16-13-31-20-34/h3-5,13,16,18,20-22,25H,2,6-12,14-15,17,19H2,1H3,(H2,30,32)/t21?,22?,25-/m0/s1. The number of aromatic nitrogens is 3. The fraction of sp³-hybridized carbons (Fsp3) is 0.552. The van der Waals surface area contributed by atoms with E-state index in [1.165, 1.54) is 68.6 Å². The number of ketones is 1. The van der Waals surface area contributed by atoms with E-state index >= 15 is 0 Å². The number of hydrogen-bond donors (Lipinski definition) is 1. The van der Waals surface area contributed by atoms with Crippen LogP contribution in [0.1, 0.15) is 79.2 Å². The molecule has 5 rings (SSSR count). The number of thiazole rings is 1. The minimum absolute atomic E-state index is 0.273. The molecule has 0 bridgehead atoms. The van der Waals surface area contributed by atoms with Crippen molar-refractivity contribution in [3.05, 3.63) is 59.1 Å². The molecule has 0 spiro atoms. The predicted octanol–water partition coefficient (Wildman–Crippen LogP) is 5.95. The van der Waals surface area contributed by atoms with Crippen molar-refractivity contribution in [1.29, 1.82) is 0 Å². The number of imidazole rings is 1. The van der Waals surface area contributed by atoms with Crippen LogP contribution in [0.3, 0.4) is 0 Å². The molecule has 0 amide bonds. The molecular formula is C29H39N5OS. The molecule has 0 unspecified atom stereocenters. The van der Waals surface area contributed by atoms with Crippen molar-refractivity contribution in [1.82, 2.24) is 19.4 Å². The molecular weight excluding hydrogens is 466 g/mol. The summed E-state index contributed by atoms with van der Waals surface area (Å²) in [7, 11) is 0. The zero-order chi connectivity index (χ0) is 24.9. The maximum absolute atomic E-state index is 13.0. The summed E-state index contributed by atoms with van der Waals surface area (Å²) in [4.78, 5) is 25.8. The molecule has 1 fully saturated rings. The van der Waals surface area contributed by atoms with E-state index in [2.05, 4.69) is 21.8 Å². The Labute approximate surface area is 218 Å². The maximum atomic E-state index is 13.0. The fourth-order valence-corrected chi connectivity index (χ4v) is 7.11. The molecule has 7 heteroatoms. The van der Waals surface area contributed by atoms with Crippen LogP contribution >= 0.6 is 11.3 Å². The van der Waals surface area contributed by atoms with Gasteiger partial charge in [-0.15, -0.1) is 11.3 Å². The summed E-state index contributed by atoms with van der Waals surface area (Å²) in [6, 6.07) is 8.56. The van der Waals surface area contributed by atoms with Crippen molar-refractivity contribution in [3.8, 4) is 5.69 Å². The van der Waals surface area contributed by atoms with Gasteiger partial charge in [-0.05, 0) is 82.0 Å². The minimum atomic E-state index is 0.273. The highest BCUT2D eigenvalue weighted by Crippen LogP contribution is 2.35. The van der Waals surface area contributed by atoms with Crippen molar-refractivity contribution in [2.24, 2.45) is 11.8 Å². The lowest BCUT2D eigenvalue weighted by Crippen LogP contribution is -2.41. The first-order valence-corrected chi connectivity index (χ1v) is 14.5. The molecule has 0 aliphatic heterocycles. The fourth-order valence-electron chi connectivity index (χ4n) is 6.16. The van der Waals surface area contributed by atoms with Crippen molar-refractivity contribution >= 4 is 22.3 Å². The van der Waals surface area contributed by atoms with Gasteiger partial charge in [0.05, 0.1) is 12.0 Å². The number of Topliss-reactive ketones (excluding diaryl/α,β-unsaturated/α-hetero) is 1. The number of benzene rings is 1. The third kappa shape index (κ3) is 6.06. The van der Waals surface area contributed by atoms with E-state index in [-0.39, 0.29) is 5.78 Å². The summed E-state index contributed by atoms with van der Waals surface area (Å²) in [5.41, 5.74) is 9.02. The lowest BCUT2D eigenvalue weighted by molar-refractivity contribution is 0.0937. The highest BCUT2D eigenvalue weighted by Gasteiger charge is 2.28. The Balaban J connectivity index is 1.09. The first kappa shape index (κ1) is 25.2. The number of rotatable bonds is 10. The zero-order valence-corrected chi connectivity index (χ0v) is 22.3. The van der Waals surface area contributed by atoms with Crippen LogP contribution in [0.25, 0.3) is 5.69 Å². The number of nitrogen functional groups attached to an aromatic ring is 1. The van der Waals surface area contributed by atoms with Crippen LogP contribution in [0, 0.1) is 11.8 Å². The van der Waals surface area contributed by atoms with Gasteiger partial charge in [-0.1, -0.05) is 31.9 Å². The number of fused-ring (bicyclic) bond motifs is 1. The minimum Gasteiger partial charge on any atom is -0.375 e. The van der Waals surface area contributed by atoms with E-state index in [1.807, 2.05) is 35.0 Å². The highest BCUT2D eigenvalue weighted by molar-refractivity contribution is 7.15. The number of nitrogens with zero attached hydrogens (tertiary/aromatic N) is 4. The first-order valence-electron chi connectivity index (χ1n) is 13.7. The summed E-state index contributed by atoms with van der Waals surface area (Å²) in [6.45, 7) is 4.66. The summed E-state index contributed by atoms with van der Waals surface area (Å²) < 4.78 is 1.95. The van der Waals surface area contributed by atoms with Crippen LogP contribution < -0.4 is 5.73 Å². The Morgan fingerprint density at radius 2 is 2.00 bits per heavy atom. The Morgan fingerprint density at radius 1 is 1.17 bits per heavy atom. The number of aryl methyl sites for hydroxylation is 1. The number of nitrogens with two attached hydrogens (primary N) is 1. The second-order valence-corrected chi connectivity index (χ2v) is 11.8. The van der Waals surface area contributed by atoms with E-state index in [0.29, 0.717) is 18.4 Å². The predicted molar refractivity (Wildman–Crippen MR) is 147 cm³/mol. The summed E-state index contributed by atoms with van der Waals surface area (Å²) in [5.74, 6) is 1.58. The Kier molecular flexibility index (Phi) is 8.17. The van der Waals surface area contributed by atoms with Gasteiger partial charge in [0.1, 0.15) is 0 Å². The molecule has 2 heterocycles.